The second-order valence-electron chi connectivity index (χ2n) is 7.44. The van der Waals surface area contributed by atoms with Gasteiger partial charge in [0.05, 0.1) is 11.8 Å². The lowest BCUT2D eigenvalue weighted by Gasteiger charge is -2.17. The average molecular weight is 338 g/mol. The third kappa shape index (κ3) is 2.58. The van der Waals surface area contributed by atoms with Gasteiger partial charge in [-0.2, -0.15) is 0 Å². The Morgan fingerprint density at radius 3 is 2.40 bits per heavy atom. The zero-order chi connectivity index (χ0) is 17.7. The standard InChI is InChI=1S/C20H22N2O3/c1-11-3-4-12(2)15(9-11)21-16(23)7-8-22-19(24)17-13-5-6-14(10-13)18(17)20(22)25/h3-6,9,13-14,17-18H,7-8,10H2,1-2H3,(H,21,23). The molecular weight excluding hydrogens is 316 g/mol. The number of hydrogen-bond acceptors (Lipinski definition) is 3. The first-order valence-corrected chi connectivity index (χ1v) is 8.86. The van der Waals surface area contributed by atoms with E-state index >= 15 is 0 Å². The van der Waals surface area contributed by atoms with Crippen molar-refractivity contribution in [3.8, 4) is 0 Å². The van der Waals surface area contributed by atoms with Gasteiger partial charge in [-0.1, -0.05) is 24.3 Å². The van der Waals surface area contributed by atoms with Crippen LogP contribution in [-0.2, 0) is 14.4 Å². The van der Waals surface area contributed by atoms with E-state index in [1.54, 1.807) is 0 Å². The minimum absolute atomic E-state index is 0.0913. The number of hydrogen-bond donors (Lipinski definition) is 1. The molecule has 0 aromatic heterocycles. The van der Waals surface area contributed by atoms with Crippen molar-refractivity contribution in [2.45, 2.75) is 26.7 Å². The zero-order valence-corrected chi connectivity index (χ0v) is 14.5. The van der Waals surface area contributed by atoms with E-state index in [1.807, 2.05) is 32.0 Å². The maximum absolute atomic E-state index is 12.6. The largest absolute Gasteiger partial charge is 0.326 e. The van der Waals surface area contributed by atoms with Crippen LogP contribution in [0.25, 0.3) is 0 Å². The summed E-state index contributed by atoms with van der Waals surface area (Å²) < 4.78 is 0. The number of likely N-dealkylation sites (tertiary alicyclic amines) is 1. The van der Waals surface area contributed by atoms with E-state index in [4.69, 9.17) is 0 Å². The van der Waals surface area contributed by atoms with E-state index in [0.29, 0.717) is 0 Å². The van der Waals surface area contributed by atoms with E-state index in [2.05, 4.69) is 17.5 Å². The Balaban J connectivity index is 1.39. The summed E-state index contributed by atoms with van der Waals surface area (Å²) in [5, 5.41) is 2.88. The van der Waals surface area contributed by atoms with Crippen molar-refractivity contribution in [3.05, 3.63) is 41.5 Å². The van der Waals surface area contributed by atoms with Crippen LogP contribution in [0, 0.1) is 37.5 Å². The summed E-state index contributed by atoms with van der Waals surface area (Å²) in [6, 6.07) is 5.88. The number of allylic oxidation sites excluding steroid dienone is 2. The van der Waals surface area contributed by atoms with Gasteiger partial charge in [0.25, 0.3) is 0 Å². The van der Waals surface area contributed by atoms with Gasteiger partial charge < -0.3 is 5.32 Å². The van der Waals surface area contributed by atoms with Crippen molar-refractivity contribution >= 4 is 23.4 Å². The maximum atomic E-state index is 12.6. The molecule has 2 bridgehead atoms. The monoisotopic (exact) mass is 338 g/mol. The van der Waals surface area contributed by atoms with Gasteiger partial charge in [-0.25, -0.2) is 0 Å². The second-order valence-corrected chi connectivity index (χ2v) is 7.44. The van der Waals surface area contributed by atoms with Crippen LogP contribution in [-0.4, -0.2) is 29.2 Å². The number of amides is 3. The van der Waals surface area contributed by atoms with Crippen molar-refractivity contribution in [1.29, 1.82) is 0 Å². The van der Waals surface area contributed by atoms with Crippen LogP contribution in [0.5, 0.6) is 0 Å². The van der Waals surface area contributed by atoms with Crippen LogP contribution in [0.15, 0.2) is 30.4 Å². The maximum Gasteiger partial charge on any atom is 0.233 e. The molecular formula is C20H22N2O3. The van der Waals surface area contributed by atoms with Crippen molar-refractivity contribution in [3.63, 3.8) is 0 Å². The molecule has 1 aliphatic heterocycles. The molecule has 1 N–H and O–H groups in total. The summed E-state index contributed by atoms with van der Waals surface area (Å²) in [6.45, 7) is 4.07. The number of carbonyl (C=O) groups is 3. The highest BCUT2D eigenvalue weighted by molar-refractivity contribution is 6.06. The number of carbonyl (C=O) groups excluding carboxylic acids is 3. The fraction of sp³-hybridized carbons (Fsp3) is 0.450. The molecule has 1 saturated carbocycles. The minimum atomic E-state index is -0.190. The molecule has 1 aromatic carbocycles. The Morgan fingerprint density at radius 2 is 1.76 bits per heavy atom. The molecule has 2 fully saturated rings. The molecule has 4 rings (SSSR count). The van der Waals surface area contributed by atoms with E-state index in [9.17, 15) is 14.4 Å². The highest BCUT2D eigenvalue weighted by Gasteiger charge is 2.58. The first-order valence-electron chi connectivity index (χ1n) is 8.86. The normalized spacial score (nSPS) is 29.4. The number of rotatable bonds is 4. The number of aryl methyl sites for hydroxylation is 2. The van der Waals surface area contributed by atoms with Gasteiger partial charge in [-0.05, 0) is 49.3 Å². The van der Waals surface area contributed by atoms with Crippen LogP contribution in [0.2, 0.25) is 0 Å². The summed E-state index contributed by atoms with van der Waals surface area (Å²) in [5.74, 6) is -0.320. The SMILES string of the molecule is Cc1ccc(C)c(NC(=O)CCN2C(=O)C3C4C=CC(C4)C3C2=O)c1. The molecule has 0 spiro atoms. The highest BCUT2D eigenvalue weighted by Crippen LogP contribution is 2.52. The van der Waals surface area contributed by atoms with Gasteiger partial charge in [0.2, 0.25) is 17.7 Å². The fourth-order valence-electron chi connectivity index (χ4n) is 4.48. The average Bonchev–Trinajstić information content (AvgIpc) is 3.24. The van der Waals surface area contributed by atoms with E-state index < -0.39 is 0 Å². The quantitative estimate of drug-likeness (QED) is 0.677. The van der Waals surface area contributed by atoms with E-state index in [1.165, 1.54) is 4.90 Å². The van der Waals surface area contributed by atoms with Crippen LogP contribution < -0.4 is 5.32 Å². The van der Waals surface area contributed by atoms with Gasteiger partial charge in [0, 0.05) is 18.7 Å². The minimum Gasteiger partial charge on any atom is -0.326 e. The molecule has 3 aliphatic rings. The number of nitrogens with zero attached hydrogens (tertiary/aromatic N) is 1. The fourth-order valence-corrected chi connectivity index (χ4v) is 4.48. The van der Waals surface area contributed by atoms with Crippen LogP contribution in [0.1, 0.15) is 24.0 Å². The van der Waals surface area contributed by atoms with Gasteiger partial charge in [-0.15, -0.1) is 0 Å². The topological polar surface area (TPSA) is 66.5 Å². The third-order valence-corrected chi connectivity index (χ3v) is 5.79. The molecule has 1 saturated heterocycles. The molecule has 5 heteroatoms. The Labute approximate surface area is 147 Å². The van der Waals surface area contributed by atoms with Crippen LogP contribution in [0.3, 0.4) is 0 Å². The molecule has 0 radical (unpaired) electrons. The molecule has 5 nitrogen and oxygen atoms in total. The first-order chi connectivity index (χ1) is 12.0. The number of benzene rings is 1. The molecule has 2 aliphatic carbocycles. The van der Waals surface area contributed by atoms with Gasteiger partial charge in [0.15, 0.2) is 0 Å². The Hall–Kier alpha value is -2.43. The van der Waals surface area contributed by atoms with Crippen molar-refractivity contribution in [1.82, 2.24) is 4.90 Å². The number of imide groups is 1. The Bertz CT molecular complexity index is 768. The van der Waals surface area contributed by atoms with Crippen LogP contribution in [0.4, 0.5) is 5.69 Å². The summed E-state index contributed by atoms with van der Waals surface area (Å²) in [4.78, 5) is 38.8. The van der Waals surface area contributed by atoms with Gasteiger partial charge >= 0.3 is 0 Å². The predicted octanol–water partition coefficient (Wildman–Crippen LogP) is 2.44. The number of fused-ring (bicyclic) bond motifs is 5. The summed E-state index contributed by atoms with van der Waals surface area (Å²) in [5.41, 5.74) is 2.84. The lowest BCUT2D eigenvalue weighted by Crippen LogP contribution is -2.35. The Morgan fingerprint density at radius 1 is 1.12 bits per heavy atom. The summed E-state index contributed by atoms with van der Waals surface area (Å²) in [6.07, 6.45) is 5.21. The summed E-state index contributed by atoms with van der Waals surface area (Å²) in [7, 11) is 0. The second kappa shape index (κ2) is 5.83. The molecule has 4 atom stereocenters. The van der Waals surface area contributed by atoms with Crippen molar-refractivity contribution < 1.29 is 14.4 Å². The Kier molecular flexibility index (Phi) is 3.74. The molecule has 3 amide bonds. The first kappa shape index (κ1) is 16.1. The molecule has 25 heavy (non-hydrogen) atoms. The molecule has 4 unspecified atom stereocenters. The predicted molar refractivity (Wildman–Crippen MR) is 93.6 cm³/mol. The lowest BCUT2D eigenvalue weighted by molar-refractivity contribution is -0.140. The van der Waals surface area contributed by atoms with E-state index in [-0.39, 0.29) is 54.4 Å². The lowest BCUT2D eigenvalue weighted by atomic mass is 9.85. The molecule has 130 valence electrons. The third-order valence-electron chi connectivity index (χ3n) is 5.79. The number of nitrogens with one attached hydrogen (secondary N) is 1. The molecule has 1 heterocycles. The van der Waals surface area contributed by atoms with Crippen molar-refractivity contribution in [2.24, 2.45) is 23.7 Å². The van der Waals surface area contributed by atoms with Crippen LogP contribution >= 0.6 is 0 Å². The zero-order valence-electron chi connectivity index (χ0n) is 14.5. The van der Waals surface area contributed by atoms with Crippen molar-refractivity contribution in [2.75, 3.05) is 11.9 Å². The molecule has 1 aromatic rings. The summed E-state index contributed by atoms with van der Waals surface area (Å²) >= 11 is 0. The number of anilines is 1. The van der Waals surface area contributed by atoms with Gasteiger partial charge in [0.1, 0.15) is 0 Å². The van der Waals surface area contributed by atoms with Gasteiger partial charge in [-0.3, -0.25) is 19.3 Å². The smallest absolute Gasteiger partial charge is 0.233 e. The highest BCUT2D eigenvalue weighted by atomic mass is 16.2. The van der Waals surface area contributed by atoms with E-state index in [0.717, 1.165) is 23.2 Å².